The van der Waals surface area contributed by atoms with Crippen LogP contribution < -0.4 is 10.6 Å². The van der Waals surface area contributed by atoms with Gasteiger partial charge in [-0.2, -0.15) is 0 Å². The summed E-state index contributed by atoms with van der Waals surface area (Å²) >= 11 is 1.59. The summed E-state index contributed by atoms with van der Waals surface area (Å²) in [6, 6.07) is 9.24. The summed E-state index contributed by atoms with van der Waals surface area (Å²) in [4.78, 5) is 13.0. The Balaban J connectivity index is 1.73. The zero-order chi connectivity index (χ0) is 15.3. The summed E-state index contributed by atoms with van der Waals surface area (Å²) in [5.41, 5.74) is 1.19. The molecule has 1 saturated carbocycles. The number of benzene rings is 1. The van der Waals surface area contributed by atoms with E-state index in [1.54, 1.807) is 11.8 Å². The molecule has 0 spiro atoms. The fourth-order valence-corrected chi connectivity index (χ4v) is 2.60. The topological polar surface area (TPSA) is 41.1 Å². The van der Waals surface area contributed by atoms with Gasteiger partial charge in [0.15, 0.2) is 0 Å². The van der Waals surface area contributed by atoms with E-state index < -0.39 is 0 Å². The molecule has 21 heavy (non-hydrogen) atoms. The molecule has 116 valence electrons. The molecule has 0 aliphatic heterocycles. The summed E-state index contributed by atoms with van der Waals surface area (Å²) in [5.74, 6) is 0.578. The minimum atomic E-state index is -0.115. The van der Waals surface area contributed by atoms with Crippen molar-refractivity contribution in [2.75, 3.05) is 5.75 Å². The van der Waals surface area contributed by atoms with Gasteiger partial charge in [-0.3, -0.25) is 4.79 Å². The highest BCUT2D eigenvalue weighted by Gasteiger charge is 2.20. The zero-order valence-corrected chi connectivity index (χ0v) is 14.1. The van der Waals surface area contributed by atoms with Crippen LogP contribution in [0.5, 0.6) is 0 Å². The Morgan fingerprint density at radius 2 is 1.95 bits per heavy atom. The quantitative estimate of drug-likeness (QED) is 0.724. The van der Waals surface area contributed by atoms with Crippen LogP contribution in [-0.2, 0) is 11.3 Å². The summed E-state index contributed by atoms with van der Waals surface area (Å²) < 4.78 is 0. The monoisotopic (exact) mass is 306 g/mol. The highest BCUT2D eigenvalue weighted by molar-refractivity contribution is 8.00. The minimum Gasteiger partial charge on any atom is -0.351 e. The molecule has 0 saturated heterocycles. The van der Waals surface area contributed by atoms with Gasteiger partial charge in [0.05, 0.1) is 5.75 Å². The molecule has 1 amide bonds. The van der Waals surface area contributed by atoms with Crippen LogP contribution in [0, 0.1) is 0 Å². The minimum absolute atomic E-state index is 0.103. The van der Waals surface area contributed by atoms with Crippen molar-refractivity contribution in [1.82, 2.24) is 10.6 Å². The number of thioether (sulfide) groups is 1. The van der Waals surface area contributed by atoms with E-state index in [9.17, 15) is 4.79 Å². The predicted octanol–water partition coefficient (Wildman–Crippen LogP) is 3.34. The van der Waals surface area contributed by atoms with Crippen LogP contribution >= 0.6 is 11.8 Å². The molecule has 3 nitrogen and oxygen atoms in total. The normalized spacial score (nSPS) is 15.0. The van der Waals surface area contributed by atoms with E-state index in [2.05, 4.69) is 55.7 Å². The molecule has 0 unspecified atom stereocenters. The molecular weight excluding hydrogens is 280 g/mol. The van der Waals surface area contributed by atoms with Crippen LogP contribution in [0.4, 0.5) is 0 Å². The van der Waals surface area contributed by atoms with Crippen molar-refractivity contribution in [2.24, 2.45) is 0 Å². The lowest BCUT2D eigenvalue weighted by atomic mass is 10.0. The van der Waals surface area contributed by atoms with Crippen LogP contribution in [0.2, 0.25) is 0 Å². The van der Waals surface area contributed by atoms with Crippen molar-refractivity contribution >= 4 is 17.7 Å². The summed E-state index contributed by atoms with van der Waals surface area (Å²) in [5, 5.41) is 6.56. The molecule has 2 N–H and O–H groups in total. The lowest BCUT2D eigenvalue weighted by Gasteiger charge is -2.24. The van der Waals surface area contributed by atoms with Crippen molar-refractivity contribution in [3.63, 3.8) is 0 Å². The second-order valence-electron chi connectivity index (χ2n) is 6.37. The molecule has 0 heterocycles. The lowest BCUT2D eigenvalue weighted by molar-refractivity contribution is -0.120. The van der Waals surface area contributed by atoms with Gasteiger partial charge >= 0.3 is 0 Å². The van der Waals surface area contributed by atoms with Crippen molar-refractivity contribution in [1.29, 1.82) is 0 Å². The molecule has 4 heteroatoms. The Hall–Kier alpha value is -1.00. The third-order valence-electron chi connectivity index (χ3n) is 3.83. The van der Waals surface area contributed by atoms with E-state index in [0.29, 0.717) is 5.75 Å². The van der Waals surface area contributed by atoms with E-state index in [-0.39, 0.29) is 11.4 Å². The molecule has 1 aromatic carbocycles. The van der Waals surface area contributed by atoms with Gasteiger partial charge in [-0.15, -0.1) is 11.8 Å². The van der Waals surface area contributed by atoms with Gasteiger partial charge < -0.3 is 10.6 Å². The maximum atomic E-state index is 11.9. The number of carbonyl (C=O) groups excluding carboxylic acids is 1. The molecule has 1 aromatic rings. The third-order valence-corrected chi connectivity index (χ3v) is 4.84. The predicted molar refractivity (Wildman–Crippen MR) is 89.5 cm³/mol. The highest BCUT2D eigenvalue weighted by atomic mass is 32.2. The number of nitrogens with one attached hydrogen (secondary N) is 2. The van der Waals surface area contributed by atoms with Gasteiger partial charge in [0.25, 0.3) is 0 Å². The molecule has 0 atom stereocenters. The maximum absolute atomic E-state index is 11.9. The smallest absolute Gasteiger partial charge is 0.230 e. The van der Waals surface area contributed by atoms with Crippen LogP contribution in [-0.4, -0.2) is 23.2 Å². The molecular formula is C17H26N2OS. The first-order valence-electron chi connectivity index (χ1n) is 7.74. The first-order chi connectivity index (χ1) is 9.98. The second kappa shape index (κ2) is 7.32. The van der Waals surface area contributed by atoms with Crippen LogP contribution in [0.1, 0.15) is 45.6 Å². The number of hydrogen-bond acceptors (Lipinski definition) is 3. The van der Waals surface area contributed by atoms with Gasteiger partial charge in [0, 0.05) is 23.0 Å². The number of carbonyl (C=O) groups is 1. The molecule has 1 fully saturated rings. The summed E-state index contributed by atoms with van der Waals surface area (Å²) in [6.45, 7) is 7.14. The van der Waals surface area contributed by atoms with E-state index in [4.69, 9.17) is 0 Å². The Morgan fingerprint density at radius 1 is 1.29 bits per heavy atom. The number of hydrogen-bond donors (Lipinski definition) is 2. The van der Waals surface area contributed by atoms with E-state index in [0.717, 1.165) is 23.9 Å². The fraction of sp³-hybridized carbons (Fsp3) is 0.588. The summed E-state index contributed by atoms with van der Waals surface area (Å²) in [6.07, 6.45) is 3.57. The zero-order valence-electron chi connectivity index (χ0n) is 13.2. The molecule has 0 bridgehead atoms. The van der Waals surface area contributed by atoms with Gasteiger partial charge in [0.2, 0.25) is 5.91 Å². The van der Waals surface area contributed by atoms with Crippen molar-refractivity contribution < 1.29 is 4.79 Å². The standard InChI is InChI=1S/C17H26N2OS/c1-4-17(2,3)19-16(20)12-21-15-9-5-13(6-10-15)11-18-14-7-8-14/h5-6,9-10,14,18H,4,7-8,11-12H2,1-3H3,(H,19,20). The Bertz CT molecular complexity index is 466. The molecule has 0 aromatic heterocycles. The van der Waals surface area contributed by atoms with E-state index in [1.165, 1.54) is 18.4 Å². The Labute approximate surface area is 132 Å². The van der Waals surface area contributed by atoms with Crippen LogP contribution in [0.15, 0.2) is 29.2 Å². The van der Waals surface area contributed by atoms with Gasteiger partial charge in [0.1, 0.15) is 0 Å². The SMILES string of the molecule is CCC(C)(C)NC(=O)CSc1ccc(CNC2CC2)cc1. The Morgan fingerprint density at radius 3 is 2.52 bits per heavy atom. The average Bonchev–Trinajstić information content (AvgIpc) is 3.28. The van der Waals surface area contributed by atoms with E-state index >= 15 is 0 Å². The van der Waals surface area contributed by atoms with Gasteiger partial charge in [-0.05, 0) is 50.8 Å². The third kappa shape index (κ3) is 6.10. The lowest BCUT2D eigenvalue weighted by Crippen LogP contribution is -2.43. The molecule has 1 aliphatic rings. The summed E-state index contributed by atoms with van der Waals surface area (Å²) in [7, 11) is 0. The molecule has 0 radical (unpaired) electrons. The van der Waals surface area contributed by atoms with Crippen molar-refractivity contribution in [2.45, 2.75) is 63.1 Å². The average molecular weight is 306 g/mol. The Kier molecular flexibility index (Phi) is 5.71. The van der Waals surface area contributed by atoms with Crippen LogP contribution in [0.3, 0.4) is 0 Å². The highest BCUT2D eigenvalue weighted by Crippen LogP contribution is 2.21. The fourth-order valence-electron chi connectivity index (χ4n) is 1.90. The van der Waals surface area contributed by atoms with Crippen LogP contribution in [0.25, 0.3) is 0 Å². The molecule has 1 aliphatic carbocycles. The second-order valence-corrected chi connectivity index (χ2v) is 7.42. The first kappa shape index (κ1) is 16.4. The molecule has 2 rings (SSSR count). The van der Waals surface area contributed by atoms with Crippen molar-refractivity contribution in [3.8, 4) is 0 Å². The van der Waals surface area contributed by atoms with E-state index in [1.807, 2.05) is 0 Å². The van der Waals surface area contributed by atoms with Gasteiger partial charge in [-0.25, -0.2) is 0 Å². The maximum Gasteiger partial charge on any atom is 0.230 e. The number of amides is 1. The van der Waals surface area contributed by atoms with Crippen molar-refractivity contribution in [3.05, 3.63) is 29.8 Å². The first-order valence-corrected chi connectivity index (χ1v) is 8.73. The largest absolute Gasteiger partial charge is 0.351 e. The van der Waals surface area contributed by atoms with Gasteiger partial charge in [-0.1, -0.05) is 19.1 Å². The number of rotatable bonds is 8.